The maximum atomic E-state index is 11.6. The van der Waals surface area contributed by atoms with E-state index in [1.54, 1.807) is 0 Å². The minimum absolute atomic E-state index is 0.181. The van der Waals surface area contributed by atoms with E-state index < -0.39 is 0 Å². The molecule has 0 spiro atoms. The molecule has 1 aliphatic rings. The average molecular weight is 232 g/mol. The van der Waals surface area contributed by atoms with Gasteiger partial charge >= 0.3 is 0 Å². The molecule has 0 fully saturated rings. The van der Waals surface area contributed by atoms with Gasteiger partial charge in [0.15, 0.2) is 5.78 Å². The van der Waals surface area contributed by atoms with Gasteiger partial charge in [0.05, 0.1) is 0 Å². The third-order valence-corrected chi connectivity index (χ3v) is 3.32. The van der Waals surface area contributed by atoms with Gasteiger partial charge in [-0.25, -0.2) is 0 Å². The normalized spacial score (nSPS) is 15.1. The maximum absolute atomic E-state index is 11.6. The number of carbonyl (C=O) groups excluding carboxylic acids is 1. The molecule has 17 heavy (non-hydrogen) atoms. The van der Waals surface area contributed by atoms with Gasteiger partial charge in [-0.15, -0.1) is 0 Å². The first-order valence-corrected chi connectivity index (χ1v) is 6.31. The van der Waals surface area contributed by atoms with Crippen molar-refractivity contribution in [1.29, 1.82) is 0 Å². The van der Waals surface area contributed by atoms with Crippen molar-refractivity contribution >= 4 is 5.78 Å². The first-order chi connectivity index (χ1) is 8.00. The van der Waals surface area contributed by atoms with Crippen molar-refractivity contribution < 1.29 is 9.53 Å². The Labute approximate surface area is 103 Å². The molecule has 0 amide bonds. The number of carbonyl (C=O) groups is 1. The molecular formula is C15H20O2. The Morgan fingerprint density at radius 3 is 2.24 bits per heavy atom. The Morgan fingerprint density at radius 1 is 1.06 bits per heavy atom. The molecule has 0 unspecified atom stereocenters. The molecule has 0 atom stereocenters. The topological polar surface area (TPSA) is 26.3 Å². The zero-order valence-corrected chi connectivity index (χ0v) is 11.0. The molecular weight excluding hydrogens is 212 g/mol. The highest BCUT2D eigenvalue weighted by atomic mass is 16.5. The van der Waals surface area contributed by atoms with Crippen molar-refractivity contribution in [3.63, 3.8) is 0 Å². The summed E-state index contributed by atoms with van der Waals surface area (Å²) in [5, 5.41) is 0. The molecule has 92 valence electrons. The molecule has 0 aromatic heterocycles. The third-order valence-electron chi connectivity index (χ3n) is 3.32. The van der Waals surface area contributed by atoms with E-state index in [1.165, 1.54) is 11.1 Å². The van der Waals surface area contributed by atoms with Crippen molar-refractivity contribution in [1.82, 2.24) is 0 Å². The van der Waals surface area contributed by atoms with Crippen LogP contribution in [0, 0.1) is 0 Å². The van der Waals surface area contributed by atoms with Crippen LogP contribution in [0.2, 0.25) is 0 Å². The number of hydrogen-bond acceptors (Lipinski definition) is 2. The van der Waals surface area contributed by atoms with Crippen molar-refractivity contribution in [2.75, 3.05) is 6.61 Å². The van der Waals surface area contributed by atoms with E-state index in [1.807, 2.05) is 0 Å². The van der Waals surface area contributed by atoms with E-state index in [0.717, 1.165) is 11.3 Å². The van der Waals surface area contributed by atoms with Gasteiger partial charge in [0.2, 0.25) is 0 Å². The van der Waals surface area contributed by atoms with Crippen LogP contribution in [0.5, 0.6) is 5.75 Å². The van der Waals surface area contributed by atoms with Crippen LogP contribution in [0.25, 0.3) is 0 Å². The molecule has 0 aliphatic carbocycles. The highest BCUT2D eigenvalue weighted by molar-refractivity contribution is 5.85. The number of benzene rings is 1. The van der Waals surface area contributed by atoms with Crippen LogP contribution in [-0.4, -0.2) is 12.4 Å². The molecule has 0 saturated heterocycles. The fraction of sp³-hybridized carbons (Fsp3) is 0.533. The van der Waals surface area contributed by atoms with E-state index in [-0.39, 0.29) is 12.4 Å². The lowest BCUT2D eigenvalue weighted by atomic mass is 9.87. The van der Waals surface area contributed by atoms with E-state index >= 15 is 0 Å². The van der Waals surface area contributed by atoms with E-state index in [0.29, 0.717) is 18.3 Å². The number of Topliss-reactive ketones (excluding diaryl/α,β-unsaturated/α-hetero) is 1. The van der Waals surface area contributed by atoms with Crippen LogP contribution in [0.3, 0.4) is 0 Å². The molecule has 2 nitrogen and oxygen atoms in total. The summed E-state index contributed by atoms with van der Waals surface area (Å²) in [7, 11) is 0. The number of rotatable bonds is 2. The van der Waals surface area contributed by atoms with E-state index in [9.17, 15) is 4.79 Å². The standard InChI is InChI=1S/C15H20O2/c1-9(2)12-5-6-13(10(3)4)15-14(12)7-11(16)8-17-15/h5-6,9-10H,7-8H2,1-4H3. The highest BCUT2D eigenvalue weighted by Crippen LogP contribution is 2.37. The molecule has 1 aliphatic heterocycles. The fourth-order valence-corrected chi connectivity index (χ4v) is 2.41. The Bertz CT molecular complexity index is 444. The van der Waals surface area contributed by atoms with Crippen molar-refractivity contribution in [2.45, 2.75) is 46.0 Å². The van der Waals surface area contributed by atoms with Gasteiger partial charge in [0, 0.05) is 12.0 Å². The molecule has 0 saturated carbocycles. The maximum Gasteiger partial charge on any atom is 0.174 e. The second-order valence-electron chi connectivity index (χ2n) is 5.37. The van der Waals surface area contributed by atoms with Gasteiger partial charge in [-0.1, -0.05) is 39.8 Å². The summed E-state index contributed by atoms with van der Waals surface area (Å²) < 4.78 is 5.67. The molecule has 1 aromatic rings. The van der Waals surface area contributed by atoms with Crippen LogP contribution < -0.4 is 4.74 Å². The summed E-state index contributed by atoms with van der Waals surface area (Å²) in [6.07, 6.45) is 0.531. The van der Waals surface area contributed by atoms with E-state index in [4.69, 9.17) is 4.74 Å². The monoisotopic (exact) mass is 232 g/mol. The smallest absolute Gasteiger partial charge is 0.174 e. The van der Waals surface area contributed by atoms with Crippen molar-refractivity contribution in [2.24, 2.45) is 0 Å². The molecule has 2 rings (SSSR count). The minimum atomic E-state index is 0.181. The van der Waals surface area contributed by atoms with Gasteiger partial charge in [0.1, 0.15) is 12.4 Å². The summed E-state index contributed by atoms with van der Waals surface area (Å²) in [6, 6.07) is 4.30. The Morgan fingerprint density at radius 2 is 1.65 bits per heavy atom. The molecule has 0 radical (unpaired) electrons. The number of hydrogen-bond donors (Lipinski definition) is 0. The third kappa shape index (κ3) is 2.21. The molecule has 0 N–H and O–H groups in total. The summed E-state index contributed by atoms with van der Waals surface area (Å²) >= 11 is 0. The number of ether oxygens (including phenoxy) is 1. The molecule has 1 heterocycles. The van der Waals surface area contributed by atoms with E-state index in [2.05, 4.69) is 39.8 Å². The molecule has 2 heteroatoms. The lowest BCUT2D eigenvalue weighted by Crippen LogP contribution is -2.23. The second-order valence-corrected chi connectivity index (χ2v) is 5.37. The lowest BCUT2D eigenvalue weighted by molar-refractivity contribution is -0.121. The zero-order valence-electron chi connectivity index (χ0n) is 11.0. The SMILES string of the molecule is CC(C)c1ccc(C(C)C)c2c1CC(=O)CO2. The first-order valence-electron chi connectivity index (χ1n) is 6.31. The number of ketones is 1. The number of fused-ring (bicyclic) bond motifs is 1. The Balaban J connectivity index is 2.58. The Hall–Kier alpha value is -1.31. The van der Waals surface area contributed by atoms with Crippen LogP contribution in [0.15, 0.2) is 12.1 Å². The largest absolute Gasteiger partial charge is 0.485 e. The van der Waals surface area contributed by atoms with Gasteiger partial charge < -0.3 is 4.74 Å². The predicted octanol–water partition coefficient (Wildman–Crippen LogP) is 3.44. The zero-order chi connectivity index (χ0) is 12.6. The summed E-state index contributed by atoms with van der Waals surface area (Å²) in [4.78, 5) is 11.6. The predicted molar refractivity (Wildman–Crippen MR) is 68.8 cm³/mol. The quantitative estimate of drug-likeness (QED) is 0.780. The molecule has 0 bridgehead atoms. The van der Waals surface area contributed by atoms with Crippen molar-refractivity contribution in [3.8, 4) is 5.75 Å². The van der Waals surface area contributed by atoms with Gasteiger partial charge in [-0.2, -0.15) is 0 Å². The lowest BCUT2D eigenvalue weighted by Gasteiger charge is -2.25. The van der Waals surface area contributed by atoms with Crippen LogP contribution in [0.1, 0.15) is 56.2 Å². The first kappa shape index (κ1) is 12.2. The summed E-state index contributed by atoms with van der Waals surface area (Å²) in [5.41, 5.74) is 3.58. The average Bonchev–Trinajstić information content (AvgIpc) is 2.26. The molecule has 1 aromatic carbocycles. The van der Waals surface area contributed by atoms with Gasteiger partial charge in [-0.3, -0.25) is 4.79 Å². The summed E-state index contributed by atoms with van der Waals surface area (Å²) in [5.74, 6) is 2.00. The van der Waals surface area contributed by atoms with Gasteiger partial charge in [0.25, 0.3) is 0 Å². The van der Waals surface area contributed by atoms with Gasteiger partial charge in [-0.05, 0) is 23.0 Å². The van der Waals surface area contributed by atoms with Crippen molar-refractivity contribution in [3.05, 3.63) is 28.8 Å². The second kappa shape index (κ2) is 4.52. The van der Waals surface area contributed by atoms with Crippen LogP contribution in [-0.2, 0) is 11.2 Å². The highest BCUT2D eigenvalue weighted by Gasteiger charge is 2.24. The Kier molecular flexibility index (Phi) is 3.23. The minimum Gasteiger partial charge on any atom is -0.485 e. The van der Waals surface area contributed by atoms with Crippen LogP contribution in [0.4, 0.5) is 0 Å². The summed E-state index contributed by atoms with van der Waals surface area (Å²) in [6.45, 7) is 8.86. The van der Waals surface area contributed by atoms with Crippen LogP contribution >= 0.6 is 0 Å². The fourth-order valence-electron chi connectivity index (χ4n) is 2.41.